The molecule has 2 N–H and O–H groups in total. The molecule has 2 fully saturated rings. The summed E-state index contributed by atoms with van der Waals surface area (Å²) in [4.78, 5) is 12.6. The number of methoxy groups -OCH3 is 1. The molecule has 0 bridgehead atoms. The number of carbonyl (C=O) groups is 1. The number of hydrogen-bond acceptors (Lipinski definition) is 5. The Kier molecular flexibility index (Phi) is 9.11. The lowest BCUT2D eigenvalue weighted by molar-refractivity contribution is -0.125. The predicted molar refractivity (Wildman–Crippen MR) is 100 cm³/mol. The number of rotatable bonds is 8. The van der Waals surface area contributed by atoms with Gasteiger partial charge in [-0.3, -0.25) is 4.79 Å². The van der Waals surface area contributed by atoms with E-state index in [1.807, 2.05) is 6.92 Å². The van der Waals surface area contributed by atoms with Crippen molar-refractivity contribution in [2.75, 3.05) is 45.6 Å². The van der Waals surface area contributed by atoms with Crippen molar-refractivity contribution in [1.29, 1.82) is 0 Å². The summed E-state index contributed by atoms with van der Waals surface area (Å²) in [6, 6.07) is -0.553. The first-order chi connectivity index (χ1) is 11.4. The molecule has 2 heterocycles. The van der Waals surface area contributed by atoms with Crippen molar-refractivity contribution in [1.82, 2.24) is 14.9 Å². The molecule has 0 aromatic carbocycles. The van der Waals surface area contributed by atoms with Gasteiger partial charge in [0.05, 0.1) is 12.4 Å². The first kappa shape index (κ1) is 22.6. The summed E-state index contributed by atoms with van der Waals surface area (Å²) < 4.78 is 31.4. The van der Waals surface area contributed by atoms with Gasteiger partial charge in [0, 0.05) is 25.6 Å². The zero-order valence-electron chi connectivity index (χ0n) is 15.3. The molecule has 0 spiro atoms. The zero-order chi connectivity index (χ0) is 17.6. The number of carbonyl (C=O) groups excluding carboxylic acids is 1. The quantitative estimate of drug-likeness (QED) is 0.630. The molecule has 0 aliphatic carbocycles. The van der Waals surface area contributed by atoms with E-state index < -0.39 is 16.1 Å². The van der Waals surface area contributed by atoms with E-state index in [0.717, 1.165) is 32.4 Å². The van der Waals surface area contributed by atoms with E-state index in [-0.39, 0.29) is 29.5 Å². The molecule has 9 heteroatoms. The Bertz CT molecular complexity index is 518. The first-order valence-corrected chi connectivity index (χ1v) is 10.5. The molecule has 2 aliphatic heterocycles. The smallest absolute Gasteiger partial charge is 0.238 e. The fourth-order valence-corrected chi connectivity index (χ4v) is 5.48. The van der Waals surface area contributed by atoms with Crippen LogP contribution < -0.4 is 10.6 Å². The fraction of sp³-hybridized carbons (Fsp3) is 0.938. The molecule has 0 radical (unpaired) electrons. The van der Waals surface area contributed by atoms with Gasteiger partial charge in [0.2, 0.25) is 15.9 Å². The third-order valence-corrected chi connectivity index (χ3v) is 7.15. The Morgan fingerprint density at radius 2 is 2.04 bits per heavy atom. The molecule has 0 aromatic heterocycles. The van der Waals surface area contributed by atoms with Gasteiger partial charge in [-0.25, -0.2) is 8.42 Å². The van der Waals surface area contributed by atoms with Gasteiger partial charge < -0.3 is 15.4 Å². The van der Waals surface area contributed by atoms with Crippen LogP contribution in [0.2, 0.25) is 0 Å². The van der Waals surface area contributed by atoms with Gasteiger partial charge in [-0.1, -0.05) is 6.92 Å². The maximum Gasteiger partial charge on any atom is 0.238 e. The van der Waals surface area contributed by atoms with Gasteiger partial charge in [0.15, 0.2) is 0 Å². The minimum absolute atomic E-state index is 0. The monoisotopic (exact) mass is 397 g/mol. The van der Waals surface area contributed by atoms with Gasteiger partial charge in [-0.2, -0.15) is 4.31 Å². The second-order valence-corrected chi connectivity index (χ2v) is 9.03. The van der Waals surface area contributed by atoms with E-state index >= 15 is 0 Å². The topological polar surface area (TPSA) is 87.7 Å². The average molecular weight is 398 g/mol. The highest BCUT2D eigenvalue weighted by atomic mass is 35.5. The number of ether oxygens (including phenoxy) is 1. The van der Waals surface area contributed by atoms with Crippen molar-refractivity contribution in [3.8, 4) is 0 Å². The maximum absolute atomic E-state index is 12.6. The van der Waals surface area contributed by atoms with Crippen molar-refractivity contribution in [3.05, 3.63) is 0 Å². The summed E-state index contributed by atoms with van der Waals surface area (Å²) in [6.45, 7) is 5.28. The predicted octanol–water partition coefficient (Wildman–Crippen LogP) is 0.745. The van der Waals surface area contributed by atoms with Crippen LogP contribution in [0.3, 0.4) is 0 Å². The molecule has 1 amide bonds. The van der Waals surface area contributed by atoms with Crippen LogP contribution in [0.1, 0.15) is 39.0 Å². The molecule has 1 unspecified atom stereocenters. The van der Waals surface area contributed by atoms with Crippen LogP contribution in [-0.2, 0) is 19.6 Å². The lowest BCUT2D eigenvalue weighted by Gasteiger charge is -2.37. The van der Waals surface area contributed by atoms with E-state index in [2.05, 4.69) is 10.6 Å². The summed E-state index contributed by atoms with van der Waals surface area (Å²) >= 11 is 0. The molecule has 7 nitrogen and oxygen atoms in total. The Balaban J connectivity index is 0.00000312. The Hall–Kier alpha value is -0.410. The van der Waals surface area contributed by atoms with Gasteiger partial charge >= 0.3 is 0 Å². The third-order valence-electron chi connectivity index (χ3n) is 5.08. The van der Waals surface area contributed by atoms with Crippen molar-refractivity contribution >= 4 is 28.3 Å². The molecular formula is C16H32ClN3O4S. The minimum atomic E-state index is -3.34. The minimum Gasteiger partial charge on any atom is -0.384 e. The van der Waals surface area contributed by atoms with Crippen LogP contribution in [-0.4, -0.2) is 70.3 Å². The normalized spacial score (nSPS) is 23.8. The SMILES string of the molecule is CCCS(=O)(=O)N1CCCC1C(=O)NCC1(COC)CCNCC1.Cl. The Labute approximate surface area is 157 Å². The van der Waals surface area contributed by atoms with Crippen LogP contribution in [0.25, 0.3) is 0 Å². The van der Waals surface area contributed by atoms with Crippen LogP contribution in [0, 0.1) is 5.41 Å². The molecule has 2 saturated heterocycles. The zero-order valence-corrected chi connectivity index (χ0v) is 16.9. The third kappa shape index (κ3) is 5.79. The lowest BCUT2D eigenvalue weighted by Crippen LogP contribution is -2.51. The number of piperidine rings is 1. The number of halogens is 1. The number of nitrogens with one attached hydrogen (secondary N) is 2. The number of sulfonamides is 1. The highest BCUT2D eigenvalue weighted by Gasteiger charge is 2.39. The second-order valence-electron chi connectivity index (χ2n) is 6.99. The summed E-state index contributed by atoms with van der Waals surface area (Å²) in [5.74, 6) is -0.0584. The second kappa shape index (κ2) is 10.1. The molecule has 148 valence electrons. The van der Waals surface area contributed by atoms with Gasteiger partial charge in [0.1, 0.15) is 6.04 Å². The van der Waals surface area contributed by atoms with Gasteiger partial charge in [-0.05, 0) is 45.2 Å². The molecule has 1 atom stereocenters. The van der Waals surface area contributed by atoms with Crippen molar-refractivity contribution in [2.45, 2.75) is 45.1 Å². The van der Waals surface area contributed by atoms with Crippen molar-refractivity contribution < 1.29 is 17.9 Å². The van der Waals surface area contributed by atoms with E-state index in [1.165, 1.54) is 4.31 Å². The first-order valence-electron chi connectivity index (χ1n) is 8.91. The summed E-state index contributed by atoms with van der Waals surface area (Å²) in [5, 5.41) is 6.34. The largest absolute Gasteiger partial charge is 0.384 e. The lowest BCUT2D eigenvalue weighted by atomic mass is 9.79. The standard InChI is InChI=1S/C16H31N3O4S.ClH/c1-3-11-24(21,22)19-10-4-5-14(19)15(20)18-12-16(13-23-2)6-8-17-9-7-16;/h14,17H,3-13H2,1-2H3,(H,18,20);1H. The molecule has 2 aliphatic rings. The molecular weight excluding hydrogens is 366 g/mol. The fourth-order valence-electron chi connectivity index (χ4n) is 3.74. The van der Waals surface area contributed by atoms with E-state index in [4.69, 9.17) is 4.74 Å². The van der Waals surface area contributed by atoms with Crippen LogP contribution >= 0.6 is 12.4 Å². The van der Waals surface area contributed by atoms with E-state index in [1.54, 1.807) is 7.11 Å². The molecule has 25 heavy (non-hydrogen) atoms. The number of hydrogen-bond donors (Lipinski definition) is 2. The highest BCUT2D eigenvalue weighted by molar-refractivity contribution is 7.89. The van der Waals surface area contributed by atoms with Gasteiger partial charge in [-0.15, -0.1) is 12.4 Å². The summed E-state index contributed by atoms with van der Waals surface area (Å²) in [7, 11) is -1.65. The van der Waals surface area contributed by atoms with Crippen LogP contribution in [0.4, 0.5) is 0 Å². The Morgan fingerprint density at radius 1 is 1.36 bits per heavy atom. The number of amides is 1. The highest BCUT2D eigenvalue weighted by Crippen LogP contribution is 2.29. The Morgan fingerprint density at radius 3 is 2.64 bits per heavy atom. The van der Waals surface area contributed by atoms with Crippen molar-refractivity contribution in [2.24, 2.45) is 5.41 Å². The molecule has 2 rings (SSSR count). The average Bonchev–Trinajstić information content (AvgIpc) is 3.04. The van der Waals surface area contributed by atoms with Crippen LogP contribution in [0.5, 0.6) is 0 Å². The van der Waals surface area contributed by atoms with Crippen LogP contribution in [0.15, 0.2) is 0 Å². The van der Waals surface area contributed by atoms with Gasteiger partial charge in [0.25, 0.3) is 0 Å². The summed E-state index contributed by atoms with van der Waals surface area (Å²) in [6.07, 6.45) is 3.81. The summed E-state index contributed by atoms with van der Waals surface area (Å²) in [5.41, 5.74) is -0.0542. The molecule has 0 saturated carbocycles. The number of nitrogens with zero attached hydrogens (tertiary/aromatic N) is 1. The maximum atomic E-state index is 12.6. The van der Waals surface area contributed by atoms with E-state index in [9.17, 15) is 13.2 Å². The van der Waals surface area contributed by atoms with Crippen molar-refractivity contribution in [3.63, 3.8) is 0 Å². The van der Waals surface area contributed by atoms with E-state index in [0.29, 0.717) is 32.5 Å². The molecule has 0 aromatic rings.